The Morgan fingerprint density at radius 2 is 1.57 bits per heavy atom. The molecule has 0 bridgehead atoms. The first-order chi connectivity index (χ1) is 10.1. The number of carbonyl (C=O) groups excluding carboxylic acids is 1. The van der Waals surface area contributed by atoms with Crippen LogP contribution < -0.4 is 4.90 Å². The first kappa shape index (κ1) is 13.6. The number of hydrogen-bond acceptors (Lipinski definition) is 1. The molecule has 0 fully saturated rings. The van der Waals surface area contributed by atoms with Crippen molar-refractivity contribution in [2.24, 2.45) is 5.92 Å². The molecule has 106 valence electrons. The van der Waals surface area contributed by atoms with E-state index in [1.54, 1.807) is 4.90 Å². The van der Waals surface area contributed by atoms with Gasteiger partial charge in [0.15, 0.2) is 0 Å². The molecule has 1 aliphatic heterocycles. The van der Waals surface area contributed by atoms with E-state index in [1.165, 1.54) is 0 Å². The minimum Gasteiger partial charge on any atom is -0.311 e. The number of allylic oxidation sites excluding steroid dienone is 1. The van der Waals surface area contributed by atoms with Gasteiger partial charge in [0.25, 0.3) is 5.91 Å². The molecule has 0 aliphatic carbocycles. The molecule has 0 saturated carbocycles. The van der Waals surface area contributed by atoms with Gasteiger partial charge in [-0.15, -0.1) is 0 Å². The van der Waals surface area contributed by atoms with Crippen LogP contribution in [0.15, 0.2) is 54.6 Å². The van der Waals surface area contributed by atoms with E-state index in [2.05, 4.69) is 26.0 Å². The van der Waals surface area contributed by atoms with E-state index in [9.17, 15) is 4.79 Å². The second kappa shape index (κ2) is 5.21. The Labute approximate surface area is 125 Å². The summed E-state index contributed by atoms with van der Waals surface area (Å²) in [6.45, 7) is 4.28. The molecule has 1 aliphatic rings. The van der Waals surface area contributed by atoms with Crippen molar-refractivity contribution in [1.29, 1.82) is 0 Å². The number of anilines is 1. The number of likely N-dealkylation sites (N-methyl/N-ethyl adjacent to an activating group) is 1. The second-order valence-corrected chi connectivity index (χ2v) is 5.69. The van der Waals surface area contributed by atoms with Gasteiger partial charge < -0.3 is 4.90 Å². The maximum absolute atomic E-state index is 12.7. The number of rotatable bonds is 2. The van der Waals surface area contributed by atoms with Crippen LogP contribution in [0, 0.1) is 5.92 Å². The predicted octanol–water partition coefficient (Wildman–Crippen LogP) is 4.23. The molecule has 0 saturated heterocycles. The Hall–Kier alpha value is -2.35. The van der Waals surface area contributed by atoms with Crippen LogP contribution in [-0.4, -0.2) is 13.0 Å². The standard InChI is InChI=1S/C19H19NO/c1-13(2)17(14-9-5-4-6-10-14)18-15-11-7-8-12-16(15)20(3)19(18)21/h4-13H,1-3H3/b18-17+. The Morgan fingerprint density at radius 1 is 0.952 bits per heavy atom. The molecule has 0 radical (unpaired) electrons. The Kier molecular flexibility index (Phi) is 3.38. The first-order valence-corrected chi connectivity index (χ1v) is 7.28. The summed E-state index contributed by atoms with van der Waals surface area (Å²) < 4.78 is 0. The molecule has 0 spiro atoms. The molecule has 21 heavy (non-hydrogen) atoms. The quantitative estimate of drug-likeness (QED) is 0.752. The third-order valence-electron chi connectivity index (χ3n) is 3.98. The minimum absolute atomic E-state index is 0.0868. The number of carbonyl (C=O) groups is 1. The van der Waals surface area contributed by atoms with Crippen LogP contribution in [0.1, 0.15) is 25.0 Å². The predicted molar refractivity (Wildman–Crippen MR) is 87.9 cm³/mol. The van der Waals surface area contributed by atoms with E-state index in [4.69, 9.17) is 0 Å². The summed E-state index contributed by atoms with van der Waals surface area (Å²) in [5, 5.41) is 0. The largest absolute Gasteiger partial charge is 0.311 e. The van der Waals surface area contributed by atoms with Crippen LogP contribution in [0.2, 0.25) is 0 Å². The van der Waals surface area contributed by atoms with E-state index < -0.39 is 0 Å². The van der Waals surface area contributed by atoms with E-state index in [0.29, 0.717) is 0 Å². The second-order valence-electron chi connectivity index (χ2n) is 5.69. The zero-order chi connectivity index (χ0) is 15.0. The molecular formula is C19H19NO. The fourth-order valence-corrected chi connectivity index (χ4v) is 3.01. The Bertz CT molecular complexity index is 713. The van der Waals surface area contributed by atoms with Crippen molar-refractivity contribution >= 4 is 22.7 Å². The molecule has 1 amide bonds. The van der Waals surface area contributed by atoms with Crippen molar-refractivity contribution in [3.05, 3.63) is 65.7 Å². The van der Waals surface area contributed by atoms with Crippen molar-refractivity contribution in [3.8, 4) is 0 Å². The Morgan fingerprint density at radius 3 is 2.24 bits per heavy atom. The Balaban J connectivity index is 2.31. The SMILES string of the molecule is CC(C)/C(=C1\C(=O)N(C)c2ccccc21)c1ccccc1. The molecule has 0 unspecified atom stereocenters. The van der Waals surface area contributed by atoms with Gasteiger partial charge in [-0.2, -0.15) is 0 Å². The summed E-state index contributed by atoms with van der Waals surface area (Å²) in [7, 11) is 1.84. The van der Waals surface area contributed by atoms with Gasteiger partial charge in [0.2, 0.25) is 0 Å². The van der Waals surface area contributed by atoms with Crippen molar-refractivity contribution in [3.63, 3.8) is 0 Å². The molecule has 1 heterocycles. The first-order valence-electron chi connectivity index (χ1n) is 7.28. The fraction of sp³-hybridized carbons (Fsp3) is 0.211. The fourth-order valence-electron chi connectivity index (χ4n) is 3.01. The number of benzene rings is 2. The summed E-state index contributed by atoms with van der Waals surface area (Å²) >= 11 is 0. The summed E-state index contributed by atoms with van der Waals surface area (Å²) in [5.41, 5.74) is 5.12. The van der Waals surface area contributed by atoms with Crippen LogP contribution >= 0.6 is 0 Å². The topological polar surface area (TPSA) is 20.3 Å². The van der Waals surface area contributed by atoms with Crippen LogP contribution in [0.4, 0.5) is 5.69 Å². The molecule has 2 nitrogen and oxygen atoms in total. The monoisotopic (exact) mass is 277 g/mol. The zero-order valence-electron chi connectivity index (χ0n) is 12.6. The van der Waals surface area contributed by atoms with Crippen LogP contribution in [0.5, 0.6) is 0 Å². The van der Waals surface area contributed by atoms with E-state index in [1.807, 2.05) is 49.5 Å². The van der Waals surface area contributed by atoms with E-state index in [0.717, 1.165) is 28.0 Å². The van der Waals surface area contributed by atoms with Crippen LogP contribution in [-0.2, 0) is 4.79 Å². The number of nitrogens with zero attached hydrogens (tertiary/aromatic N) is 1. The maximum Gasteiger partial charge on any atom is 0.259 e. The highest BCUT2D eigenvalue weighted by Crippen LogP contribution is 2.42. The third kappa shape index (κ3) is 2.17. The zero-order valence-corrected chi connectivity index (χ0v) is 12.6. The average Bonchev–Trinajstić information content (AvgIpc) is 2.74. The highest BCUT2D eigenvalue weighted by Gasteiger charge is 2.32. The molecule has 3 rings (SSSR count). The molecule has 2 aromatic carbocycles. The van der Waals surface area contributed by atoms with Crippen LogP contribution in [0.3, 0.4) is 0 Å². The van der Waals surface area contributed by atoms with Gasteiger partial charge in [-0.25, -0.2) is 0 Å². The molecule has 0 atom stereocenters. The van der Waals surface area contributed by atoms with Gasteiger partial charge >= 0.3 is 0 Å². The highest BCUT2D eigenvalue weighted by atomic mass is 16.2. The smallest absolute Gasteiger partial charge is 0.259 e. The molecule has 0 N–H and O–H groups in total. The normalized spacial score (nSPS) is 16.4. The lowest BCUT2D eigenvalue weighted by Crippen LogP contribution is -2.21. The van der Waals surface area contributed by atoms with Crippen LogP contribution in [0.25, 0.3) is 11.1 Å². The number of hydrogen-bond donors (Lipinski definition) is 0. The molecule has 2 aromatic rings. The van der Waals surface area contributed by atoms with E-state index >= 15 is 0 Å². The highest BCUT2D eigenvalue weighted by molar-refractivity contribution is 6.37. The number of amides is 1. The van der Waals surface area contributed by atoms with E-state index in [-0.39, 0.29) is 11.8 Å². The third-order valence-corrected chi connectivity index (χ3v) is 3.98. The van der Waals surface area contributed by atoms with Gasteiger partial charge in [0.1, 0.15) is 0 Å². The number of fused-ring (bicyclic) bond motifs is 1. The average molecular weight is 277 g/mol. The van der Waals surface area contributed by atoms with Crippen molar-refractivity contribution in [1.82, 2.24) is 0 Å². The number of para-hydroxylation sites is 1. The summed E-state index contributed by atoms with van der Waals surface area (Å²) in [6, 6.07) is 18.2. The van der Waals surface area contributed by atoms with Crippen molar-refractivity contribution < 1.29 is 4.79 Å². The lowest BCUT2D eigenvalue weighted by Gasteiger charge is -2.15. The summed E-state index contributed by atoms with van der Waals surface area (Å²) in [6.07, 6.45) is 0. The van der Waals surface area contributed by atoms with Gasteiger partial charge in [-0.1, -0.05) is 62.4 Å². The lowest BCUT2D eigenvalue weighted by molar-refractivity contribution is -0.112. The van der Waals surface area contributed by atoms with Crippen molar-refractivity contribution in [2.75, 3.05) is 11.9 Å². The van der Waals surface area contributed by atoms with Gasteiger partial charge in [-0.05, 0) is 23.1 Å². The summed E-state index contributed by atoms with van der Waals surface area (Å²) in [4.78, 5) is 14.5. The van der Waals surface area contributed by atoms with Gasteiger partial charge in [-0.3, -0.25) is 4.79 Å². The molecule has 0 aromatic heterocycles. The minimum atomic E-state index is 0.0868. The van der Waals surface area contributed by atoms with Gasteiger partial charge in [0, 0.05) is 12.6 Å². The maximum atomic E-state index is 12.7. The lowest BCUT2D eigenvalue weighted by atomic mass is 9.88. The summed E-state index contributed by atoms with van der Waals surface area (Å²) in [5.74, 6) is 0.370. The van der Waals surface area contributed by atoms with Crippen molar-refractivity contribution in [2.45, 2.75) is 13.8 Å². The van der Waals surface area contributed by atoms with Gasteiger partial charge in [0.05, 0.1) is 11.3 Å². The molecule has 2 heteroatoms. The molecular weight excluding hydrogens is 258 g/mol.